The minimum absolute atomic E-state index is 0.269. The van der Waals surface area contributed by atoms with Gasteiger partial charge in [-0.3, -0.25) is 0 Å². The third-order valence-electron chi connectivity index (χ3n) is 4.14. The van der Waals surface area contributed by atoms with E-state index in [1.807, 2.05) is 37.3 Å². The number of carbonyl (C=O) groups is 1. The first-order valence-corrected chi connectivity index (χ1v) is 8.32. The topological polar surface area (TPSA) is 67.3 Å². The van der Waals surface area contributed by atoms with Gasteiger partial charge in [-0.1, -0.05) is 0 Å². The quantitative estimate of drug-likeness (QED) is 0.852. The van der Waals surface area contributed by atoms with Crippen LogP contribution in [0.1, 0.15) is 30.1 Å². The molecule has 1 aromatic carbocycles. The van der Waals surface area contributed by atoms with Crippen LogP contribution in [0.25, 0.3) is 0 Å². The number of benzene rings is 1. The van der Waals surface area contributed by atoms with Gasteiger partial charge in [-0.25, -0.2) is 14.8 Å². The van der Waals surface area contributed by atoms with Gasteiger partial charge in [-0.2, -0.15) is 0 Å². The summed E-state index contributed by atoms with van der Waals surface area (Å²) >= 11 is 0. The highest BCUT2D eigenvalue weighted by molar-refractivity contribution is 5.89. The van der Waals surface area contributed by atoms with E-state index in [1.165, 1.54) is 0 Å². The van der Waals surface area contributed by atoms with Crippen molar-refractivity contribution in [1.82, 2.24) is 9.97 Å². The van der Waals surface area contributed by atoms with Crippen molar-refractivity contribution >= 4 is 17.6 Å². The second kappa shape index (κ2) is 7.77. The summed E-state index contributed by atoms with van der Waals surface area (Å²) < 4.78 is 5.01. The summed E-state index contributed by atoms with van der Waals surface area (Å²) in [5, 5.41) is 3.38. The molecule has 0 unspecified atom stereocenters. The Hall–Kier alpha value is -2.63. The zero-order valence-electron chi connectivity index (χ0n) is 13.8. The van der Waals surface area contributed by atoms with E-state index in [9.17, 15) is 4.79 Å². The van der Waals surface area contributed by atoms with Crippen LogP contribution in [-0.4, -0.2) is 41.7 Å². The molecule has 2 aromatic rings. The molecule has 6 heteroatoms. The molecule has 1 fully saturated rings. The summed E-state index contributed by atoms with van der Waals surface area (Å²) in [7, 11) is 0. The first-order chi connectivity index (χ1) is 11.8. The van der Waals surface area contributed by atoms with Gasteiger partial charge in [0.25, 0.3) is 0 Å². The molecule has 0 radical (unpaired) electrons. The van der Waals surface area contributed by atoms with E-state index in [2.05, 4.69) is 20.2 Å². The molecule has 0 aliphatic carbocycles. The van der Waals surface area contributed by atoms with E-state index in [-0.39, 0.29) is 5.97 Å². The van der Waals surface area contributed by atoms with Gasteiger partial charge >= 0.3 is 5.97 Å². The molecule has 6 nitrogen and oxygen atoms in total. The maximum absolute atomic E-state index is 11.7. The van der Waals surface area contributed by atoms with Crippen molar-refractivity contribution in [2.45, 2.75) is 25.8 Å². The van der Waals surface area contributed by atoms with Gasteiger partial charge in [0.2, 0.25) is 5.95 Å². The highest BCUT2D eigenvalue weighted by atomic mass is 16.5. The van der Waals surface area contributed by atoms with Gasteiger partial charge in [0, 0.05) is 37.2 Å². The molecule has 1 aliphatic rings. The number of piperidine rings is 1. The van der Waals surface area contributed by atoms with Gasteiger partial charge in [-0.05, 0) is 50.1 Å². The molecule has 1 aromatic heterocycles. The summed E-state index contributed by atoms with van der Waals surface area (Å²) in [4.78, 5) is 22.4. The monoisotopic (exact) mass is 326 g/mol. The van der Waals surface area contributed by atoms with E-state index < -0.39 is 0 Å². The van der Waals surface area contributed by atoms with Gasteiger partial charge < -0.3 is 15.0 Å². The molecule has 0 spiro atoms. The van der Waals surface area contributed by atoms with Gasteiger partial charge in [-0.15, -0.1) is 0 Å². The summed E-state index contributed by atoms with van der Waals surface area (Å²) in [6.45, 7) is 4.13. The second-order valence-corrected chi connectivity index (χ2v) is 5.75. The fourth-order valence-electron chi connectivity index (χ4n) is 2.86. The zero-order valence-corrected chi connectivity index (χ0v) is 13.8. The second-order valence-electron chi connectivity index (χ2n) is 5.75. The van der Waals surface area contributed by atoms with Crippen LogP contribution < -0.4 is 10.2 Å². The predicted octanol–water partition coefficient (Wildman–Crippen LogP) is 2.73. The third-order valence-corrected chi connectivity index (χ3v) is 4.14. The Bertz CT molecular complexity index is 652. The van der Waals surface area contributed by atoms with Crippen molar-refractivity contribution in [2.24, 2.45) is 0 Å². The Morgan fingerprint density at radius 2 is 1.88 bits per heavy atom. The molecule has 1 N–H and O–H groups in total. The molecule has 126 valence electrons. The van der Waals surface area contributed by atoms with Crippen LogP contribution >= 0.6 is 0 Å². The lowest BCUT2D eigenvalue weighted by molar-refractivity contribution is 0.0526. The number of ether oxygens (including phenoxy) is 1. The van der Waals surface area contributed by atoms with E-state index >= 15 is 0 Å². The van der Waals surface area contributed by atoms with Crippen LogP contribution in [0.2, 0.25) is 0 Å². The van der Waals surface area contributed by atoms with Crippen molar-refractivity contribution in [3.05, 3.63) is 48.3 Å². The molecule has 1 saturated heterocycles. The average molecular weight is 326 g/mol. The largest absolute Gasteiger partial charge is 0.462 e. The van der Waals surface area contributed by atoms with E-state index in [1.54, 1.807) is 12.4 Å². The number of carbonyl (C=O) groups excluding carboxylic acids is 1. The fourth-order valence-corrected chi connectivity index (χ4v) is 2.86. The van der Waals surface area contributed by atoms with E-state index in [4.69, 9.17) is 4.74 Å². The maximum Gasteiger partial charge on any atom is 0.338 e. The van der Waals surface area contributed by atoms with Crippen LogP contribution in [-0.2, 0) is 4.74 Å². The Balaban J connectivity index is 1.54. The van der Waals surface area contributed by atoms with Gasteiger partial charge in [0.15, 0.2) is 0 Å². The van der Waals surface area contributed by atoms with Crippen molar-refractivity contribution < 1.29 is 9.53 Å². The van der Waals surface area contributed by atoms with E-state index in [0.29, 0.717) is 24.2 Å². The third kappa shape index (κ3) is 4.01. The molecular formula is C18H22N4O2. The highest BCUT2D eigenvalue weighted by Gasteiger charge is 2.20. The highest BCUT2D eigenvalue weighted by Crippen LogP contribution is 2.22. The molecule has 0 amide bonds. The lowest BCUT2D eigenvalue weighted by Crippen LogP contribution is -2.39. The zero-order chi connectivity index (χ0) is 16.8. The molecular weight excluding hydrogens is 304 g/mol. The first-order valence-electron chi connectivity index (χ1n) is 8.32. The Kier molecular flexibility index (Phi) is 5.25. The Morgan fingerprint density at radius 3 is 2.50 bits per heavy atom. The molecule has 0 atom stereocenters. The van der Waals surface area contributed by atoms with Crippen LogP contribution in [0.5, 0.6) is 0 Å². The Labute approximate surface area is 141 Å². The number of aromatic nitrogens is 2. The SMILES string of the molecule is CCOC(=O)c1ccc(N2CCC(Nc3ncccn3)CC2)cc1. The normalized spacial score (nSPS) is 15.1. The average Bonchev–Trinajstić information content (AvgIpc) is 2.64. The van der Waals surface area contributed by atoms with Crippen molar-refractivity contribution in [2.75, 3.05) is 29.9 Å². The number of anilines is 2. The lowest BCUT2D eigenvalue weighted by Gasteiger charge is -2.34. The number of nitrogens with zero attached hydrogens (tertiary/aromatic N) is 3. The predicted molar refractivity (Wildman–Crippen MR) is 93.3 cm³/mol. The summed E-state index contributed by atoms with van der Waals surface area (Å²) in [5.74, 6) is 0.421. The molecule has 0 bridgehead atoms. The van der Waals surface area contributed by atoms with Crippen LogP contribution in [0.3, 0.4) is 0 Å². The molecule has 1 aliphatic heterocycles. The van der Waals surface area contributed by atoms with Crippen molar-refractivity contribution in [3.8, 4) is 0 Å². The van der Waals surface area contributed by atoms with Gasteiger partial charge in [0.1, 0.15) is 0 Å². The number of nitrogens with one attached hydrogen (secondary N) is 1. The minimum atomic E-state index is -0.269. The maximum atomic E-state index is 11.7. The van der Waals surface area contributed by atoms with Crippen LogP contribution in [0.4, 0.5) is 11.6 Å². The smallest absolute Gasteiger partial charge is 0.338 e. The van der Waals surface area contributed by atoms with Gasteiger partial charge in [0.05, 0.1) is 12.2 Å². The molecule has 0 saturated carbocycles. The van der Waals surface area contributed by atoms with Crippen LogP contribution in [0, 0.1) is 0 Å². The van der Waals surface area contributed by atoms with Crippen molar-refractivity contribution in [1.29, 1.82) is 0 Å². The minimum Gasteiger partial charge on any atom is -0.462 e. The molecule has 2 heterocycles. The molecule has 24 heavy (non-hydrogen) atoms. The summed E-state index contributed by atoms with van der Waals surface area (Å²) in [6, 6.07) is 9.83. The first kappa shape index (κ1) is 16.2. The molecule has 3 rings (SSSR count). The number of hydrogen-bond donors (Lipinski definition) is 1. The summed E-state index contributed by atoms with van der Waals surface area (Å²) in [6.07, 6.45) is 5.54. The fraction of sp³-hybridized carbons (Fsp3) is 0.389. The van der Waals surface area contributed by atoms with E-state index in [0.717, 1.165) is 31.6 Å². The number of hydrogen-bond acceptors (Lipinski definition) is 6. The standard InChI is InChI=1S/C18H22N4O2/c1-2-24-17(23)14-4-6-16(7-5-14)22-12-8-15(9-13-22)21-18-19-10-3-11-20-18/h3-7,10-11,15H,2,8-9,12-13H2,1H3,(H,19,20,21). The summed E-state index contributed by atoms with van der Waals surface area (Å²) in [5.41, 5.74) is 1.73. The number of rotatable bonds is 5. The van der Waals surface area contributed by atoms with Crippen LogP contribution in [0.15, 0.2) is 42.7 Å². The number of esters is 1. The Morgan fingerprint density at radius 1 is 1.21 bits per heavy atom. The van der Waals surface area contributed by atoms with Crippen molar-refractivity contribution in [3.63, 3.8) is 0 Å². The lowest BCUT2D eigenvalue weighted by atomic mass is 10.0.